The van der Waals surface area contributed by atoms with E-state index in [4.69, 9.17) is 4.74 Å². The van der Waals surface area contributed by atoms with E-state index < -0.39 is 5.60 Å². The van der Waals surface area contributed by atoms with E-state index in [0.29, 0.717) is 6.54 Å². The first-order chi connectivity index (χ1) is 10.8. The lowest BCUT2D eigenvalue weighted by atomic mass is 10.1. The van der Waals surface area contributed by atoms with Crippen LogP contribution in [0.4, 0.5) is 0 Å². The molecule has 1 aromatic carbocycles. The number of amides is 1. The van der Waals surface area contributed by atoms with Crippen LogP contribution in [0, 0.1) is 0 Å². The highest BCUT2D eigenvalue weighted by atomic mass is 16.5. The highest BCUT2D eigenvalue weighted by Crippen LogP contribution is 2.28. The van der Waals surface area contributed by atoms with Crippen molar-refractivity contribution in [3.05, 3.63) is 30.0 Å². The van der Waals surface area contributed by atoms with Crippen molar-refractivity contribution in [3.63, 3.8) is 0 Å². The fraction of sp³-hybridized carbons (Fsp3) is 0.471. The summed E-state index contributed by atoms with van der Waals surface area (Å²) < 4.78 is 5.37. The van der Waals surface area contributed by atoms with Gasteiger partial charge in [0.1, 0.15) is 5.75 Å². The number of nitrogens with zero attached hydrogens (tertiary/aromatic N) is 1. The predicted octanol–water partition coefficient (Wildman–Crippen LogP) is 1.15. The molecule has 0 saturated heterocycles. The van der Waals surface area contributed by atoms with Gasteiger partial charge in [0, 0.05) is 30.2 Å². The topological polar surface area (TPSA) is 77.6 Å². The van der Waals surface area contributed by atoms with Crippen molar-refractivity contribution < 1.29 is 14.6 Å². The molecular formula is C17H25N3O3. The predicted molar refractivity (Wildman–Crippen MR) is 90.7 cm³/mol. The summed E-state index contributed by atoms with van der Waals surface area (Å²) in [5, 5.41) is 14.0. The van der Waals surface area contributed by atoms with Crippen molar-refractivity contribution in [3.8, 4) is 5.75 Å². The molecule has 1 amide bonds. The van der Waals surface area contributed by atoms with Crippen LogP contribution in [0.5, 0.6) is 5.75 Å². The van der Waals surface area contributed by atoms with Crippen LogP contribution in [0.15, 0.2) is 24.4 Å². The highest BCUT2D eigenvalue weighted by molar-refractivity contribution is 5.93. The van der Waals surface area contributed by atoms with Gasteiger partial charge in [0.2, 0.25) is 5.91 Å². The van der Waals surface area contributed by atoms with Gasteiger partial charge in [-0.15, -0.1) is 0 Å². The van der Waals surface area contributed by atoms with Crippen LogP contribution in [0.25, 0.3) is 10.9 Å². The summed E-state index contributed by atoms with van der Waals surface area (Å²) in [6.45, 7) is 2.40. The molecule has 2 aromatic rings. The third kappa shape index (κ3) is 4.46. The SMILES string of the molecule is COc1cccc2[nH]cc(CC(=O)NCC(C)(O)CN(C)C)c12. The molecule has 6 nitrogen and oxygen atoms in total. The Morgan fingerprint density at radius 2 is 2.17 bits per heavy atom. The summed E-state index contributed by atoms with van der Waals surface area (Å²) in [7, 11) is 5.38. The van der Waals surface area contributed by atoms with Gasteiger partial charge in [0.15, 0.2) is 0 Å². The normalized spacial score (nSPS) is 14.0. The largest absolute Gasteiger partial charge is 0.496 e. The molecule has 6 heteroatoms. The number of aromatic amines is 1. The Morgan fingerprint density at radius 3 is 2.83 bits per heavy atom. The third-order valence-electron chi connectivity index (χ3n) is 3.64. The Balaban J connectivity index is 2.04. The van der Waals surface area contributed by atoms with E-state index in [9.17, 15) is 9.90 Å². The Morgan fingerprint density at radius 1 is 1.43 bits per heavy atom. The first kappa shape index (κ1) is 17.3. The van der Waals surface area contributed by atoms with Gasteiger partial charge in [0.25, 0.3) is 0 Å². The summed E-state index contributed by atoms with van der Waals surface area (Å²) in [4.78, 5) is 17.2. The number of aromatic nitrogens is 1. The number of ether oxygens (including phenoxy) is 1. The lowest BCUT2D eigenvalue weighted by molar-refractivity contribution is -0.121. The zero-order valence-electron chi connectivity index (χ0n) is 14.1. The average molecular weight is 319 g/mol. The average Bonchev–Trinajstić information content (AvgIpc) is 2.87. The summed E-state index contributed by atoms with van der Waals surface area (Å²) >= 11 is 0. The third-order valence-corrected chi connectivity index (χ3v) is 3.64. The number of methoxy groups -OCH3 is 1. The van der Waals surface area contributed by atoms with E-state index in [2.05, 4.69) is 10.3 Å². The minimum Gasteiger partial charge on any atom is -0.496 e. The molecule has 2 rings (SSSR count). The van der Waals surface area contributed by atoms with Crippen molar-refractivity contribution >= 4 is 16.8 Å². The minimum absolute atomic E-state index is 0.129. The molecule has 1 aromatic heterocycles. The van der Waals surface area contributed by atoms with Gasteiger partial charge >= 0.3 is 0 Å². The molecule has 0 radical (unpaired) electrons. The zero-order valence-corrected chi connectivity index (χ0v) is 14.1. The molecule has 0 fully saturated rings. The summed E-state index contributed by atoms with van der Waals surface area (Å²) in [6.07, 6.45) is 2.06. The van der Waals surface area contributed by atoms with E-state index in [1.54, 1.807) is 14.0 Å². The van der Waals surface area contributed by atoms with Gasteiger partial charge in [-0.25, -0.2) is 0 Å². The summed E-state index contributed by atoms with van der Waals surface area (Å²) in [5.74, 6) is 0.613. The second-order valence-electron chi connectivity index (χ2n) is 6.38. The zero-order chi connectivity index (χ0) is 17.0. The molecular weight excluding hydrogens is 294 g/mol. The number of carbonyl (C=O) groups excluding carboxylic acids is 1. The first-order valence-electron chi connectivity index (χ1n) is 7.59. The standard InChI is InChI=1S/C17H25N3O3/c1-17(22,11-20(2)3)10-19-15(21)8-12-9-18-13-6-5-7-14(23-4)16(12)13/h5-7,9,18,22H,8,10-11H2,1-4H3,(H,19,21). The van der Waals surface area contributed by atoms with Crippen LogP contribution in [0.3, 0.4) is 0 Å². The number of aliphatic hydroxyl groups is 1. The summed E-state index contributed by atoms with van der Waals surface area (Å²) in [5.41, 5.74) is 0.853. The number of benzene rings is 1. The van der Waals surface area contributed by atoms with Gasteiger partial charge in [-0.3, -0.25) is 4.79 Å². The monoisotopic (exact) mass is 319 g/mol. The molecule has 0 aliphatic rings. The summed E-state index contributed by atoms with van der Waals surface area (Å²) in [6, 6.07) is 5.72. The van der Waals surface area contributed by atoms with Gasteiger partial charge in [0.05, 0.1) is 19.1 Å². The number of carbonyl (C=O) groups is 1. The first-order valence-corrected chi connectivity index (χ1v) is 7.59. The van der Waals surface area contributed by atoms with Crippen LogP contribution in [-0.4, -0.2) is 60.8 Å². The van der Waals surface area contributed by atoms with E-state index >= 15 is 0 Å². The van der Waals surface area contributed by atoms with Gasteiger partial charge in [-0.1, -0.05) is 6.07 Å². The molecule has 0 aliphatic carbocycles. The smallest absolute Gasteiger partial charge is 0.224 e. The van der Waals surface area contributed by atoms with Gasteiger partial charge < -0.3 is 25.0 Å². The quantitative estimate of drug-likeness (QED) is 0.715. The number of nitrogens with one attached hydrogen (secondary N) is 2. The van der Waals surface area contributed by atoms with Crippen LogP contribution in [0.1, 0.15) is 12.5 Å². The molecule has 0 spiro atoms. The number of hydrogen-bond acceptors (Lipinski definition) is 4. The minimum atomic E-state index is -0.961. The van der Waals surface area contributed by atoms with Crippen molar-refractivity contribution in [2.75, 3.05) is 34.3 Å². The van der Waals surface area contributed by atoms with Crippen molar-refractivity contribution in [2.45, 2.75) is 18.9 Å². The Bertz CT molecular complexity index is 677. The number of likely N-dealkylation sites (N-methyl/N-ethyl adjacent to an activating group) is 1. The molecule has 0 aliphatic heterocycles. The maximum Gasteiger partial charge on any atom is 0.224 e. The lowest BCUT2D eigenvalue weighted by Gasteiger charge is -2.27. The van der Waals surface area contributed by atoms with Gasteiger partial charge in [-0.05, 0) is 38.7 Å². The van der Waals surface area contributed by atoms with E-state index in [-0.39, 0.29) is 18.9 Å². The Hall–Kier alpha value is -2.05. The van der Waals surface area contributed by atoms with E-state index in [1.807, 2.05) is 43.4 Å². The van der Waals surface area contributed by atoms with E-state index in [1.165, 1.54) is 0 Å². The maximum atomic E-state index is 12.2. The molecule has 1 unspecified atom stereocenters. The Labute approximate surface area is 136 Å². The van der Waals surface area contributed by atoms with Crippen molar-refractivity contribution in [2.24, 2.45) is 0 Å². The molecule has 1 heterocycles. The Kier molecular flexibility index (Phi) is 5.28. The fourth-order valence-electron chi connectivity index (χ4n) is 2.79. The van der Waals surface area contributed by atoms with Gasteiger partial charge in [-0.2, -0.15) is 0 Å². The molecule has 1 atom stereocenters. The van der Waals surface area contributed by atoms with Crippen molar-refractivity contribution in [1.82, 2.24) is 15.2 Å². The van der Waals surface area contributed by atoms with Crippen LogP contribution >= 0.6 is 0 Å². The second kappa shape index (κ2) is 7.02. The lowest BCUT2D eigenvalue weighted by Crippen LogP contribution is -2.47. The maximum absolute atomic E-state index is 12.2. The highest BCUT2D eigenvalue weighted by Gasteiger charge is 2.22. The molecule has 3 N–H and O–H groups in total. The molecule has 0 saturated carbocycles. The number of rotatable bonds is 7. The van der Waals surface area contributed by atoms with Crippen LogP contribution < -0.4 is 10.1 Å². The van der Waals surface area contributed by atoms with Crippen LogP contribution in [-0.2, 0) is 11.2 Å². The van der Waals surface area contributed by atoms with Crippen molar-refractivity contribution in [1.29, 1.82) is 0 Å². The number of hydrogen-bond donors (Lipinski definition) is 3. The molecule has 0 bridgehead atoms. The number of H-pyrrole nitrogens is 1. The van der Waals surface area contributed by atoms with E-state index in [0.717, 1.165) is 22.2 Å². The second-order valence-corrected chi connectivity index (χ2v) is 6.38. The molecule has 126 valence electrons. The number of fused-ring (bicyclic) bond motifs is 1. The fourth-order valence-corrected chi connectivity index (χ4v) is 2.79. The van der Waals surface area contributed by atoms with Crippen LogP contribution in [0.2, 0.25) is 0 Å². The molecule has 23 heavy (non-hydrogen) atoms.